The maximum absolute atomic E-state index is 12.7. The molecule has 1 unspecified atom stereocenters. The van der Waals surface area contributed by atoms with Gasteiger partial charge in [-0.1, -0.05) is 20.3 Å². The number of aromatic nitrogens is 2. The Hall–Kier alpha value is -1.56. The number of H-pyrrole nitrogens is 1. The number of aromatic amines is 1. The smallest absolute Gasteiger partial charge is 0.276 e. The highest BCUT2D eigenvalue weighted by molar-refractivity contribution is 5.97. The Morgan fingerprint density at radius 1 is 1.33 bits per heavy atom. The summed E-state index contributed by atoms with van der Waals surface area (Å²) < 4.78 is 0. The highest BCUT2D eigenvalue weighted by Crippen LogP contribution is 2.25. The molecule has 1 aromatic rings. The topological polar surface area (TPSA) is 78.2 Å². The van der Waals surface area contributed by atoms with E-state index in [4.69, 9.17) is 5.73 Å². The minimum atomic E-state index is -0.0270. The highest BCUT2D eigenvalue weighted by atomic mass is 16.2. The minimum absolute atomic E-state index is 0.0270. The number of amides is 1. The molecule has 0 bridgehead atoms. The molecule has 0 radical (unpaired) electrons. The number of carbonyl (C=O) groups excluding carboxylic acids is 1. The summed E-state index contributed by atoms with van der Waals surface area (Å²) in [6, 6.07) is 0.515. The fraction of sp³-hybridized carbons (Fsp3) is 0.733. The SMILES string of the molecule is CC(C)c1[nH]nc(C(=O)N2CCN3CCCCC3C2)c1N. The quantitative estimate of drug-likeness (QED) is 0.864. The zero-order chi connectivity index (χ0) is 15.0. The van der Waals surface area contributed by atoms with Crippen LogP contribution in [0.4, 0.5) is 5.69 Å². The molecule has 2 aliphatic heterocycles. The molecule has 1 atom stereocenters. The number of rotatable bonds is 2. The summed E-state index contributed by atoms with van der Waals surface area (Å²) in [5, 5.41) is 7.08. The molecule has 116 valence electrons. The van der Waals surface area contributed by atoms with Crippen molar-refractivity contribution in [2.24, 2.45) is 0 Å². The van der Waals surface area contributed by atoms with Crippen LogP contribution in [0.5, 0.6) is 0 Å². The van der Waals surface area contributed by atoms with Gasteiger partial charge >= 0.3 is 0 Å². The van der Waals surface area contributed by atoms with Crippen molar-refractivity contribution in [3.05, 3.63) is 11.4 Å². The molecule has 6 nitrogen and oxygen atoms in total. The van der Waals surface area contributed by atoms with Gasteiger partial charge in [-0.05, 0) is 25.3 Å². The van der Waals surface area contributed by atoms with E-state index in [1.54, 1.807) is 0 Å². The van der Waals surface area contributed by atoms with Gasteiger partial charge in [-0.2, -0.15) is 5.10 Å². The third-order valence-corrected chi connectivity index (χ3v) is 4.74. The van der Waals surface area contributed by atoms with Gasteiger partial charge in [0.15, 0.2) is 5.69 Å². The third-order valence-electron chi connectivity index (χ3n) is 4.74. The van der Waals surface area contributed by atoms with Crippen LogP contribution in [0.25, 0.3) is 0 Å². The highest BCUT2D eigenvalue weighted by Gasteiger charge is 2.33. The van der Waals surface area contributed by atoms with Crippen LogP contribution in [0, 0.1) is 0 Å². The fourth-order valence-corrected chi connectivity index (χ4v) is 3.46. The zero-order valence-electron chi connectivity index (χ0n) is 12.9. The van der Waals surface area contributed by atoms with Crippen LogP contribution in [-0.4, -0.2) is 58.1 Å². The average molecular weight is 291 g/mol. The largest absolute Gasteiger partial charge is 0.395 e. The summed E-state index contributed by atoms with van der Waals surface area (Å²) in [5.74, 6) is 0.218. The summed E-state index contributed by atoms with van der Waals surface area (Å²) in [6.07, 6.45) is 3.75. The Kier molecular flexibility index (Phi) is 3.89. The Balaban J connectivity index is 1.73. The van der Waals surface area contributed by atoms with E-state index in [-0.39, 0.29) is 11.8 Å². The molecular weight excluding hydrogens is 266 g/mol. The van der Waals surface area contributed by atoms with Crippen LogP contribution in [0.3, 0.4) is 0 Å². The molecule has 1 aromatic heterocycles. The first kappa shape index (κ1) is 14.4. The molecule has 2 saturated heterocycles. The van der Waals surface area contributed by atoms with E-state index in [0.29, 0.717) is 17.4 Å². The summed E-state index contributed by atoms with van der Waals surface area (Å²) in [6.45, 7) is 7.81. The summed E-state index contributed by atoms with van der Waals surface area (Å²) in [5.41, 5.74) is 7.85. The van der Waals surface area contributed by atoms with E-state index in [9.17, 15) is 4.79 Å². The van der Waals surface area contributed by atoms with Gasteiger partial charge in [0, 0.05) is 25.7 Å². The molecule has 0 aliphatic carbocycles. The molecule has 0 aromatic carbocycles. The molecule has 1 amide bonds. The van der Waals surface area contributed by atoms with E-state index in [0.717, 1.165) is 25.3 Å². The Bertz CT molecular complexity index is 524. The molecular formula is C15H25N5O. The predicted octanol–water partition coefficient (Wildman–Crippen LogP) is 1.43. The van der Waals surface area contributed by atoms with Gasteiger partial charge in [0.05, 0.1) is 11.4 Å². The molecule has 0 spiro atoms. The number of fused-ring (bicyclic) bond motifs is 1. The lowest BCUT2D eigenvalue weighted by molar-refractivity contribution is 0.0369. The van der Waals surface area contributed by atoms with Crippen LogP contribution in [0.1, 0.15) is 55.2 Å². The Morgan fingerprint density at radius 2 is 2.14 bits per heavy atom. The first-order chi connectivity index (χ1) is 10.1. The number of anilines is 1. The second-order valence-corrected chi connectivity index (χ2v) is 6.49. The Labute approximate surface area is 125 Å². The normalized spacial score (nSPS) is 23.4. The molecule has 3 heterocycles. The van der Waals surface area contributed by atoms with Gasteiger partial charge in [0.25, 0.3) is 5.91 Å². The lowest BCUT2D eigenvalue weighted by Gasteiger charge is -2.43. The van der Waals surface area contributed by atoms with E-state index in [1.165, 1.54) is 25.8 Å². The monoisotopic (exact) mass is 291 g/mol. The van der Waals surface area contributed by atoms with Crippen molar-refractivity contribution in [1.82, 2.24) is 20.0 Å². The molecule has 2 aliphatic rings. The van der Waals surface area contributed by atoms with Crippen molar-refractivity contribution in [2.45, 2.75) is 45.1 Å². The second kappa shape index (κ2) is 5.67. The number of carbonyl (C=O) groups is 1. The van der Waals surface area contributed by atoms with Crippen LogP contribution < -0.4 is 5.73 Å². The molecule has 3 N–H and O–H groups in total. The second-order valence-electron chi connectivity index (χ2n) is 6.49. The standard InChI is InChI=1S/C15H25N5O/c1-10(2)13-12(16)14(18-17-13)15(21)20-8-7-19-6-4-3-5-11(19)9-20/h10-11H,3-9,16H2,1-2H3,(H,17,18). The van der Waals surface area contributed by atoms with Gasteiger partial charge < -0.3 is 10.6 Å². The number of nitrogens with zero attached hydrogens (tertiary/aromatic N) is 3. The maximum Gasteiger partial charge on any atom is 0.276 e. The summed E-state index contributed by atoms with van der Waals surface area (Å²) >= 11 is 0. The molecule has 3 rings (SSSR count). The molecule has 6 heteroatoms. The van der Waals surface area contributed by atoms with Crippen molar-refractivity contribution in [1.29, 1.82) is 0 Å². The fourth-order valence-electron chi connectivity index (χ4n) is 3.46. The van der Waals surface area contributed by atoms with Crippen molar-refractivity contribution < 1.29 is 4.79 Å². The first-order valence-electron chi connectivity index (χ1n) is 7.95. The van der Waals surface area contributed by atoms with Crippen molar-refractivity contribution in [3.8, 4) is 0 Å². The van der Waals surface area contributed by atoms with Gasteiger partial charge in [-0.25, -0.2) is 0 Å². The van der Waals surface area contributed by atoms with Crippen LogP contribution in [0.2, 0.25) is 0 Å². The number of hydrogen-bond donors (Lipinski definition) is 2. The van der Waals surface area contributed by atoms with Gasteiger partial charge in [0.1, 0.15) is 0 Å². The number of piperazine rings is 1. The van der Waals surface area contributed by atoms with Gasteiger partial charge in [-0.3, -0.25) is 14.8 Å². The van der Waals surface area contributed by atoms with Crippen LogP contribution in [-0.2, 0) is 0 Å². The zero-order valence-corrected chi connectivity index (χ0v) is 12.9. The van der Waals surface area contributed by atoms with Crippen molar-refractivity contribution >= 4 is 11.6 Å². The van der Waals surface area contributed by atoms with E-state index < -0.39 is 0 Å². The number of nitrogens with two attached hydrogens (primary N) is 1. The van der Waals surface area contributed by atoms with E-state index >= 15 is 0 Å². The number of nitrogens with one attached hydrogen (secondary N) is 1. The van der Waals surface area contributed by atoms with Gasteiger partial charge in [0.2, 0.25) is 0 Å². The van der Waals surface area contributed by atoms with E-state index in [1.807, 2.05) is 18.7 Å². The number of hydrogen-bond acceptors (Lipinski definition) is 4. The molecule has 21 heavy (non-hydrogen) atoms. The summed E-state index contributed by atoms with van der Waals surface area (Å²) in [4.78, 5) is 17.1. The third kappa shape index (κ3) is 2.64. The number of piperidine rings is 1. The van der Waals surface area contributed by atoms with Gasteiger partial charge in [-0.15, -0.1) is 0 Å². The van der Waals surface area contributed by atoms with E-state index in [2.05, 4.69) is 15.1 Å². The lowest BCUT2D eigenvalue weighted by Crippen LogP contribution is -2.56. The first-order valence-corrected chi connectivity index (χ1v) is 7.95. The van der Waals surface area contributed by atoms with Crippen molar-refractivity contribution in [3.63, 3.8) is 0 Å². The average Bonchev–Trinajstić information content (AvgIpc) is 2.88. The minimum Gasteiger partial charge on any atom is -0.395 e. The predicted molar refractivity (Wildman–Crippen MR) is 82.2 cm³/mol. The maximum atomic E-state index is 12.7. The van der Waals surface area contributed by atoms with Crippen LogP contribution in [0.15, 0.2) is 0 Å². The number of nitrogen functional groups attached to an aromatic ring is 1. The van der Waals surface area contributed by atoms with Crippen molar-refractivity contribution in [2.75, 3.05) is 31.9 Å². The molecule has 2 fully saturated rings. The van der Waals surface area contributed by atoms with Crippen LogP contribution >= 0.6 is 0 Å². The summed E-state index contributed by atoms with van der Waals surface area (Å²) in [7, 11) is 0. The molecule has 0 saturated carbocycles. The Morgan fingerprint density at radius 3 is 2.86 bits per heavy atom. The lowest BCUT2D eigenvalue weighted by atomic mass is 9.99.